The second-order valence-electron chi connectivity index (χ2n) is 9.76. The first-order chi connectivity index (χ1) is 12.7. The summed E-state index contributed by atoms with van der Waals surface area (Å²) < 4.78 is 0. The molecular formula is C25H41N. The molecule has 0 bridgehead atoms. The number of nitrogens with zero attached hydrogens (tertiary/aromatic N) is 1. The summed E-state index contributed by atoms with van der Waals surface area (Å²) in [7, 11) is 0. The zero-order valence-corrected chi connectivity index (χ0v) is 17.4. The Morgan fingerprint density at radius 1 is 0.885 bits per heavy atom. The second kappa shape index (κ2) is 9.43. The average Bonchev–Trinajstić information content (AvgIpc) is 2.70. The standard InChI is InChI=1S/C25H41N/c1-3-5-20-7-11-22(12-8-20)23-15-17-25(19-26,18-16-23)24-13-9-21(6-4-2)10-14-24/h13,20-23H,3-12,14-18H2,1-2H3. The smallest absolute Gasteiger partial charge is 0.0782 e. The Labute approximate surface area is 162 Å². The van der Waals surface area contributed by atoms with Gasteiger partial charge in [0, 0.05) is 0 Å². The first-order valence-corrected chi connectivity index (χ1v) is 11.8. The van der Waals surface area contributed by atoms with Gasteiger partial charge in [0.05, 0.1) is 11.5 Å². The highest BCUT2D eigenvalue weighted by Crippen LogP contribution is 2.51. The number of hydrogen-bond donors (Lipinski definition) is 0. The van der Waals surface area contributed by atoms with Gasteiger partial charge in [-0.2, -0.15) is 5.26 Å². The number of allylic oxidation sites excluding steroid dienone is 2. The Kier molecular flexibility index (Phi) is 7.25. The van der Waals surface area contributed by atoms with Gasteiger partial charge in [0.25, 0.3) is 0 Å². The van der Waals surface area contributed by atoms with Crippen molar-refractivity contribution in [3.63, 3.8) is 0 Å². The molecule has 0 aliphatic heterocycles. The van der Waals surface area contributed by atoms with E-state index in [1.807, 2.05) is 0 Å². The third kappa shape index (κ3) is 4.55. The van der Waals surface area contributed by atoms with E-state index < -0.39 is 0 Å². The molecule has 2 fully saturated rings. The quantitative estimate of drug-likeness (QED) is 0.445. The van der Waals surface area contributed by atoms with E-state index in [0.29, 0.717) is 0 Å². The zero-order chi connectivity index (χ0) is 18.4. The highest BCUT2D eigenvalue weighted by molar-refractivity contribution is 5.26. The van der Waals surface area contributed by atoms with Gasteiger partial charge in [-0.25, -0.2) is 0 Å². The van der Waals surface area contributed by atoms with Crippen LogP contribution < -0.4 is 0 Å². The van der Waals surface area contributed by atoms with Crippen LogP contribution in [0.3, 0.4) is 0 Å². The molecule has 0 spiro atoms. The molecule has 1 atom stereocenters. The summed E-state index contributed by atoms with van der Waals surface area (Å²) in [6.07, 6.45) is 22.5. The maximum atomic E-state index is 10.1. The highest BCUT2D eigenvalue weighted by atomic mass is 14.5. The summed E-state index contributed by atoms with van der Waals surface area (Å²) >= 11 is 0. The first-order valence-electron chi connectivity index (χ1n) is 11.8. The molecule has 0 aromatic heterocycles. The van der Waals surface area contributed by atoms with Crippen LogP contribution in [0.15, 0.2) is 11.6 Å². The summed E-state index contributed by atoms with van der Waals surface area (Å²) in [4.78, 5) is 0. The molecule has 0 heterocycles. The molecular weight excluding hydrogens is 314 g/mol. The largest absolute Gasteiger partial charge is 0.197 e. The van der Waals surface area contributed by atoms with E-state index in [4.69, 9.17) is 0 Å². The summed E-state index contributed by atoms with van der Waals surface area (Å²) in [6.45, 7) is 4.63. The van der Waals surface area contributed by atoms with Gasteiger partial charge in [0.2, 0.25) is 0 Å². The van der Waals surface area contributed by atoms with E-state index in [-0.39, 0.29) is 5.41 Å². The summed E-state index contributed by atoms with van der Waals surface area (Å²) in [5.74, 6) is 3.78. The predicted octanol–water partition coefficient (Wildman–Crippen LogP) is 7.82. The van der Waals surface area contributed by atoms with Crippen molar-refractivity contribution < 1.29 is 0 Å². The van der Waals surface area contributed by atoms with Crippen molar-refractivity contribution in [2.45, 2.75) is 110 Å². The van der Waals surface area contributed by atoms with Crippen molar-refractivity contribution in [1.82, 2.24) is 0 Å². The zero-order valence-electron chi connectivity index (χ0n) is 17.4. The van der Waals surface area contributed by atoms with Gasteiger partial charge in [0.15, 0.2) is 0 Å². The minimum Gasteiger partial charge on any atom is -0.197 e. The van der Waals surface area contributed by atoms with Crippen molar-refractivity contribution in [2.24, 2.45) is 29.1 Å². The number of nitriles is 1. The summed E-state index contributed by atoms with van der Waals surface area (Å²) in [5.41, 5.74) is 1.44. The van der Waals surface area contributed by atoms with Crippen LogP contribution in [0.25, 0.3) is 0 Å². The SMILES string of the molecule is CCCC1CC=C(C2(C#N)CCC(C3CCC(CCC)CC3)CC2)CC1. The van der Waals surface area contributed by atoms with Gasteiger partial charge in [-0.3, -0.25) is 0 Å². The first kappa shape index (κ1) is 20.0. The number of hydrogen-bond acceptors (Lipinski definition) is 1. The molecule has 0 aromatic rings. The topological polar surface area (TPSA) is 23.8 Å². The molecule has 0 radical (unpaired) electrons. The van der Waals surface area contributed by atoms with E-state index in [0.717, 1.165) is 36.5 Å². The lowest BCUT2D eigenvalue weighted by Crippen LogP contribution is -2.33. The van der Waals surface area contributed by atoms with Crippen LogP contribution >= 0.6 is 0 Å². The number of rotatable bonds is 6. The Bertz CT molecular complexity index is 495. The maximum Gasteiger partial charge on any atom is 0.0782 e. The Morgan fingerprint density at radius 2 is 1.50 bits per heavy atom. The molecule has 0 saturated heterocycles. The Balaban J connectivity index is 1.52. The lowest BCUT2D eigenvalue weighted by atomic mass is 9.61. The van der Waals surface area contributed by atoms with Gasteiger partial charge in [-0.1, -0.05) is 64.0 Å². The van der Waals surface area contributed by atoms with Crippen LogP contribution in [0, 0.1) is 40.4 Å². The van der Waals surface area contributed by atoms with Gasteiger partial charge < -0.3 is 0 Å². The molecule has 2 saturated carbocycles. The van der Waals surface area contributed by atoms with Crippen molar-refractivity contribution in [1.29, 1.82) is 5.26 Å². The van der Waals surface area contributed by atoms with E-state index in [1.54, 1.807) is 0 Å². The van der Waals surface area contributed by atoms with E-state index >= 15 is 0 Å². The third-order valence-corrected chi connectivity index (χ3v) is 8.18. The third-order valence-electron chi connectivity index (χ3n) is 8.18. The molecule has 3 rings (SSSR count). The van der Waals surface area contributed by atoms with Crippen molar-refractivity contribution in [3.05, 3.63) is 11.6 Å². The van der Waals surface area contributed by atoms with Crippen molar-refractivity contribution in [3.8, 4) is 6.07 Å². The van der Waals surface area contributed by atoms with Gasteiger partial charge in [-0.05, 0) is 81.5 Å². The van der Waals surface area contributed by atoms with Crippen LogP contribution in [0.1, 0.15) is 110 Å². The lowest BCUT2D eigenvalue weighted by Gasteiger charge is -2.42. The Morgan fingerprint density at radius 3 is 2.04 bits per heavy atom. The molecule has 0 amide bonds. The molecule has 0 aromatic carbocycles. The average molecular weight is 356 g/mol. The molecule has 0 N–H and O–H groups in total. The van der Waals surface area contributed by atoms with Crippen LogP contribution in [0.2, 0.25) is 0 Å². The van der Waals surface area contributed by atoms with Gasteiger partial charge in [0.1, 0.15) is 0 Å². The molecule has 1 nitrogen and oxygen atoms in total. The maximum absolute atomic E-state index is 10.1. The normalized spacial score (nSPS) is 38.4. The fourth-order valence-electron chi connectivity index (χ4n) is 6.46. The fourth-order valence-corrected chi connectivity index (χ4v) is 6.46. The van der Waals surface area contributed by atoms with E-state index in [9.17, 15) is 5.26 Å². The predicted molar refractivity (Wildman–Crippen MR) is 111 cm³/mol. The highest BCUT2D eigenvalue weighted by Gasteiger charge is 2.41. The minimum atomic E-state index is -0.0902. The summed E-state index contributed by atoms with van der Waals surface area (Å²) in [6, 6.07) is 2.81. The van der Waals surface area contributed by atoms with Crippen molar-refractivity contribution >= 4 is 0 Å². The van der Waals surface area contributed by atoms with Crippen LogP contribution in [-0.2, 0) is 0 Å². The minimum absolute atomic E-state index is 0.0902. The van der Waals surface area contributed by atoms with Gasteiger partial charge in [-0.15, -0.1) is 0 Å². The van der Waals surface area contributed by atoms with Crippen LogP contribution in [-0.4, -0.2) is 0 Å². The molecule has 26 heavy (non-hydrogen) atoms. The molecule has 3 aliphatic carbocycles. The summed E-state index contributed by atoms with van der Waals surface area (Å²) in [5, 5.41) is 10.1. The van der Waals surface area contributed by atoms with Crippen LogP contribution in [0.4, 0.5) is 0 Å². The molecule has 146 valence electrons. The second-order valence-corrected chi connectivity index (χ2v) is 9.76. The van der Waals surface area contributed by atoms with Gasteiger partial charge >= 0.3 is 0 Å². The molecule has 1 heteroatoms. The van der Waals surface area contributed by atoms with Crippen molar-refractivity contribution in [2.75, 3.05) is 0 Å². The fraction of sp³-hybridized carbons (Fsp3) is 0.880. The molecule has 3 aliphatic rings. The van der Waals surface area contributed by atoms with E-state index in [1.165, 1.54) is 89.0 Å². The monoisotopic (exact) mass is 355 g/mol. The Hall–Kier alpha value is -0.770. The molecule has 1 unspecified atom stereocenters. The lowest BCUT2D eigenvalue weighted by molar-refractivity contribution is 0.131. The van der Waals surface area contributed by atoms with E-state index in [2.05, 4.69) is 26.0 Å². The van der Waals surface area contributed by atoms with Crippen LogP contribution in [0.5, 0.6) is 0 Å².